The number of hydrogen-bond donors (Lipinski definition) is 0. The third kappa shape index (κ3) is 4.48. The molecule has 0 saturated carbocycles. The van der Waals surface area contributed by atoms with Gasteiger partial charge in [0.05, 0.1) is 0 Å². The summed E-state index contributed by atoms with van der Waals surface area (Å²) in [4.78, 5) is 15.9. The third-order valence-corrected chi connectivity index (χ3v) is 3.47. The molecule has 0 aromatic heterocycles. The maximum absolute atomic E-state index is 12.1. The van der Waals surface area contributed by atoms with E-state index in [1.54, 1.807) is 11.0 Å². The van der Waals surface area contributed by atoms with Gasteiger partial charge in [0.2, 0.25) is 5.91 Å². The summed E-state index contributed by atoms with van der Waals surface area (Å²) in [5, 5.41) is 0. The van der Waals surface area contributed by atoms with Crippen LogP contribution in [-0.2, 0) is 11.3 Å². The van der Waals surface area contributed by atoms with Crippen molar-refractivity contribution in [1.29, 1.82) is 0 Å². The fraction of sp³-hybridized carbons (Fsp3) is 0.211. The monoisotopic (exact) mass is 294 g/mol. The number of carbonyl (C=O) groups excluding carboxylic acids is 1. The van der Waals surface area contributed by atoms with Crippen LogP contribution < -0.4 is 4.90 Å². The first-order chi connectivity index (χ1) is 10.6. The summed E-state index contributed by atoms with van der Waals surface area (Å²) in [6, 6.07) is 18.1. The molecule has 22 heavy (non-hydrogen) atoms. The Hall–Kier alpha value is -2.55. The van der Waals surface area contributed by atoms with Crippen molar-refractivity contribution in [2.75, 3.05) is 26.0 Å². The molecule has 0 unspecified atom stereocenters. The number of hydrogen-bond acceptors (Lipinski definition) is 2. The van der Waals surface area contributed by atoms with Crippen molar-refractivity contribution in [3.05, 3.63) is 71.8 Å². The van der Waals surface area contributed by atoms with Crippen molar-refractivity contribution < 1.29 is 4.79 Å². The van der Waals surface area contributed by atoms with Crippen LogP contribution in [-0.4, -0.2) is 32.0 Å². The van der Waals surface area contributed by atoms with E-state index in [9.17, 15) is 4.79 Å². The summed E-state index contributed by atoms with van der Waals surface area (Å²) in [5.74, 6) is 0.000499. The van der Waals surface area contributed by atoms with Gasteiger partial charge < -0.3 is 9.80 Å². The highest BCUT2D eigenvalue weighted by atomic mass is 16.2. The Morgan fingerprint density at radius 1 is 0.955 bits per heavy atom. The molecule has 2 aromatic carbocycles. The predicted molar refractivity (Wildman–Crippen MR) is 92.7 cm³/mol. The molecular formula is C19H22N2O. The maximum atomic E-state index is 12.1. The molecule has 0 aliphatic carbocycles. The van der Waals surface area contributed by atoms with Gasteiger partial charge in [0.15, 0.2) is 0 Å². The number of nitrogens with zero attached hydrogens (tertiary/aromatic N) is 2. The standard InChI is InChI=1S/C19H22N2O/c1-20(2)18-12-9-17(10-13-18)15-21(3)19(22)14-11-16-7-5-4-6-8-16/h4-14H,15H2,1-3H3/b14-11+. The highest BCUT2D eigenvalue weighted by Crippen LogP contribution is 2.13. The van der Waals surface area contributed by atoms with E-state index in [4.69, 9.17) is 0 Å². The molecule has 0 bridgehead atoms. The highest BCUT2D eigenvalue weighted by molar-refractivity contribution is 5.91. The van der Waals surface area contributed by atoms with Crippen molar-refractivity contribution in [3.8, 4) is 0 Å². The van der Waals surface area contributed by atoms with Gasteiger partial charge >= 0.3 is 0 Å². The van der Waals surface area contributed by atoms with Crippen LogP contribution in [0.4, 0.5) is 5.69 Å². The second kappa shape index (κ2) is 7.46. The summed E-state index contributed by atoms with van der Waals surface area (Å²) in [7, 11) is 5.84. The number of anilines is 1. The summed E-state index contributed by atoms with van der Waals surface area (Å²) >= 11 is 0. The van der Waals surface area contributed by atoms with Crippen LogP contribution in [0.1, 0.15) is 11.1 Å². The lowest BCUT2D eigenvalue weighted by Gasteiger charge is -2.17. The number of carbonyl (C=O) groups is 1. The van der Waals surface area contributed by atoms with Gasteiger partial charge in [0, 0.05) is 39.5 Å². The van der Waals surface area contributed by atoms with E-state index in [0.29, 0.717) is 6.54 Å². The van der Waals surface area contributed by atoms with Crippen molar-refractivity contribution in [2.45, 2.75) is 6.54 Å². The Bertz CT molecular complexity index is 630. The van der Waals surface area contributed by atoms with Crippen LogP contribution in [0.2, 0.25) is 0 Å². The van der Waals surface area contributed by atoms with Gasteiger partial charge in [0.1, 0.15) is 0 Å². The van der Waals surface area contributed by atoms with Crippen molar-refractivity contribution >= 4 is 17.7 Å². The summed E-state index contributed by atoms with van der Waals surface area (Å²) in [6.07, 6.45) is 3.46. The molecule has 3 heteroatoms. The van der Waals surface area contributed by atoms with Gasteiger partial charge in [-0.25, -0.2) is 0 Å². The second-order valence-electron chi connectivity index (χ2n) is 5.50. The van der Waals surface area contributed by atoms with Crippen molar-refractivity contribution in [1.82, 2.24) is 4.90 Å². The van der Waals surface area contributed by atoms with Crippen LogP contribution in [0.15, 0.2) is 60.7 Å². The first-order valence-electron chi connectivity index (χ1n) is 7.31. The van der Waals surface area contributed by atoms with Crippen molar-refractivity contribution in [3.63, 3.8) is 0 Å². The molecule has 114 valence electrons. The fourth-order valence-electron chi connectivity index (χ4n) is 2.11. The van der Waals surface area contributed by atoms with E-state index in [2.05, 4.69) is 29.2 Å². The minimum Gasteiger partial charge on any atom is -0.378 e. The first-order valence-corrected chi connectivity index (χ1v) is 7.31. The zero-order valence-corrected chi connectivity index (χ0v) is 13.4. The molecule has 0 saturated heterocycles. The molecule has 2 aromatic rings. The van der Waals surface area contributed by atoms with Gasteiger partial charge in [-0.05, 0) is 29.3 Å². The largest absolute Gasteiger partial charge is 0.378 e. The normalized spacial score (nSPS) is 10.7. The quantitative estimate of drug-likeness (QED) is 0.789. The molecular weight excluding hydrogens is 272 g/mol. The first kappa shape index (κ1) is 15.8. The smallest absolute Gasteiger partial charge is 0.246 e. The van der Waals surface area contributed by atoms with Gasteiger partial charge in [-0.15, -0.1) is 0 Å². The molecule has 0 atom stereocenters. The number of benzene rings is 2. The van der Waals surface area contributed by atoms with E-state index >= 15 is 0 Å². The van der Waals surface area contributed by atoms with Gasteiger partial charge in [-0.1, -0.05) is 42.5 Å². The SMILES string of the molecule is CN(Cc1ccc(N(C)C)cc1)C(=O)/C=C/c1ccccc1. The fourth-order valence-corrected chi connectivity index (χ4v) is 2.11. The molecule has 0 aliphatic heterocycles. The Kier molecular flexibility index (Phi) is 5.37. The van der Waals surface area contributed by atoms with Crippen LogP contribution in [0.5, 0.6) is 0 Å². The molecule has 0 radical (unpaired) electrons. The summed E-state index contributed by atoms with van der Waals surface area (Å²) in [6.45, 7) is 0.603. The average Bonchev–Trinajstić information content (AvgIpc) is 2.54. The molecule has 0 heterocycles. The van der Waals surface area contributed by atoms with Gasteiger partial charge in [-0.3, -0.25) is 4.79 Å². The van der Waals surface area contributed by atoms with Crippen LogP contribution in [0.25, 0.3) is 6.08 Å². The Morgan fingerprint density at radius 3 is 2.18 bits per heavy atom. The number of amides is 1. The zero-order valence-electron chi connectivity index (χ0n) is 13.4. The molecule has 2 rings (SSSR count). The topological polar surface area (TPSA) is 23.6 Å². The lowest BCUT2D eigenvalue weighted by atomic mass is 10.2. The third-order valence-electron chi connectivity index (χ3n) is 3.47. The molecule has 0 N–H and O–H groups in total. The lowest BCUT2D eigenvalue weighted by molar-refractivity contribution is -0.125. The zero-order chi connectivity index (χ0) is 15.9. The highest BCUT2D eigenvalue weighted by Gasteiger charge is 2.06. The number of rotatable bonds is 5. The Labute approximate surface area is 132 Å². The molecule has 1 amide bonds. The average molecular weight is 294 g/mol. The van der Waals surface area contributed by atoms with E-state index in [1.807, 2.05) is 57.6 Å². The predicted octanol–water partition coefficient (Wildman–Crippen LogP) is 3.42. The van der Waals surface area contributed by atoms with E-state index in [1.165, 1.54) is 0 Å². The summed E-state index contributed by atoms with van der Waals surface area (Å²) in [5.41, 5.74) is 3.30. The van der Waals surface area contributed by atoms with E-state index in [-0.39, 0.29) is 5.91 Å². The Morgan fingerprint density at radius 2 is 1.59 bits per heavy atom. The van der Waals surface area contributed by atoms with Crippen molar-refractivity contribution in [2.24, 2.45) is 0 Å². The van der Waals surface area contributed by atoms with Gasteiger partial charge in [0.25, 0.3) is 0 Å². The summed E-state index contributed by atoms with van der Waals surface area (Å²) < 4.78 is 0. The second-order valence-corrected chi connectivity index (χ2v) is 5.50. The van der Waals surface area contributed by atoms with E-state index in [0.717, 1.165) is 16.8 Å². The molecule has 0 fully saturated rings. The number of likely N-dealkylation sites (N-methyl/N-ethyl adjacent to an activating group) is 1. The Balaban J connectivity index is 1.95. The molecule has 3 nitrogen and oxygen atoms in total. The van der Waals surface area contributed by atoms with E-state index < -0.39 is 0 Å². The van der Waals surface area contributed by atoms with Crippen LogP contribution in [0.3, 0.4) is 0 Å². The van der Waals surface area contributed by atoms with Gasteiger partial charge in [-0.2, -0.15) is 0 Å². The lowest BCUT2D eigenvalue weighted by Crippen LogP contribution is -2.24. The maximum Gasteiger partial charge on any atom is 0.246 e. The van der Waals surface area contributed by atoms with Crippen LogP contribution in [0, 0.1) is 0 Å². The minimum atomic E-state index is 0.000499. The van der Waals surface area contributed by atoms with Crippen LogP contribution >= 0.6 is 0 Å². The molecule has 0 aliphatic rings. The minimum absolute atomic E-state index is 0.000499. The molecule has 0 spiro atoms.